The number of nitrogens with one attached hydrogen (secondary N) is 1. The van der Waals surface area contributed by atoms with Gasteiger partial charge in [0.05, 0.1) is 12.7 Å². The quantitative estimate of drug-likeness (QED) is 0.733. The Kier molecular flexibility index (Phi) is 7.19. The zero-order valence-corrected chi connectivity index (χ0v) is 15.6. The van der Waals surface area contributed by atoms with Crippen molar-refractivity contribution in [2.75, 3.05) is 26.3 Å². The van der Waals surface area contributed by atoms with Crippen molar-refractivity contribution in [2.45, 2.75) is 25.5 Å². The molecule has 1 N–H and O–H groups in total. The van der Waals surface area contributed by atoms with Crippen LogP contribution in [0.2, 0.25) is 0 Å². The van der Waals surface area contributed by atoms with Gasteiger partial charge in [-0.1, -0.05) is 12.1 Å². The summed E-state index contributed by atoms with van der Waals surface area (Å²) in [6.45, 7) is 2.45. The van der Waals surface area contributed by atoms with E-state index in [1.54, 1.807) is 29.2 Å². The van der Waals surface area contributed by atoms with E-state index in [4.69, 9.17) is 9.47 Å². The van der Waals surface area contributed by atoms with Crippen LogP contribution in [-0.4, -0.2) is 43.3 Å². The fourth-order valence-corrected chi connectivity index (χ4v) is 3.02. The molecule has 0 saturated carbocycles. The highest BCUT2D eigenvalue weighted by Gasteiger charge is 2.23. The number of rotatable bonds is 7. The fraction of sp³-hybridized carbons (Fsp3) is 0.381. The van der Waals surface area contributed by atoms with E-state index in [2.05, 4.69) is 5.32 Å². The molecule has 1 fully saturated rings. The minimum Gasteiger partial charge on any atom is -0.491 e. The van der Waals surface area contributed by atoms with Gasteiger partial charge in [0.15, 0.2) is 0 Å². The highest BCUT2D eigenvalue weighted by Crippen LogP contribution is 2.15. The zero-order valence-electron chi connectivity index (χ0n) is 15.6. The summed E-state index contributed by atoms with van der Waals surface area (Å²) in [6, 6.07) is 11.8. The monoisotopic (exact) mass is 390 g/mol. The number of benzene rings is 2. The van der Waals surface area contributed by atoms with Gasteiger partial charge in [0.25, 0.3) is 0 Å². The maximum atomic E-state index is 12.9. The molecule has 2 amide bonds. The molecule has 1 aliphatic rings. The highest BCUT2D eigenvalue weighted by atomic mass is 19.1. The SMILES string of the molecule is O=C(NCc1ccc(F)cc1)N1CCC(OCCOc2ccc(F)cc2)CC1. The van der Waals surface area contributed by atoms with Gasteiger partial charge in [-0.15, -0.1) is 0 Å². The van der Waals surface area contributed by atoms with Gasteiger partial charge >= 0.3 is 6.03 Å². The lowest BCUT2D eigenvalue weighted by Gasteiger charge is -2.32. The second-order valence-electron chi connectivity index (χ2n) is 6.64. The number of halogens is 2. The van der Waals surface area contributed by atoms with Crippen molar-refractivity contribution < 1.29 is 23.0 Å². The zero-order chi connectivity index (χ0) is 19.8. The van der Waals surface area contributed by atoms with E-state index in [-0.39, 0.29) is 23.8 Å². The molecule has 7 heteroatoms. The summed E-state index contributed by atoms with van der Waals surface area (Å²) < 4.78 is 37.0. The highest BCUT2D eigenvalue weighted by molar-refractivity contribution is 5.74. The Hall–Kier alpha value is -2.67. The summed E-state index contributed by atoms with van der Waals surface area (Å²) in [6.07, 6.45) is 1.62. The van der Waals surface area contributed by atoms with E-state index in [0.29, 0.717) is 38.6 Å². The number of piperidine rings is 1. The molecule has 0 bridgehead atoms. The third kappa shape index (κ3) is 6.20. The molecule has 1 aliphatic heterocycles. The van der Waals surface area contributed by atoms with E-state index < -0.39 is 0 Å². The number of carbonyl (C=O) groups excluding carboxylic acids is 1. The number of urea groups is 1. The van der Waals surface area contributed by atoms with Crippen LogP contribution in [0, 0.1) is 11.6 Å². The number of hydrogen-bond donors (Lipinski definition) is 1. The maximum absolute atomic E-state index is 12.9. The number of ether oxygens (including phenoxy) is 2. The molecule has 28 heavy (non-hydrogen) atoms. The van der Waals surface area contributed by atoms with E-state index in [9.17, 15) is 13.6 Å². The van der Waals surface area contributed by atoms with Crippen molar-refractivity contribution in [2.24, 2.45) is 0 Å². The lowest BCUT2D eigenvalue weighted by atomic mass is 10.1. The predicted octanol–water partition coefficient (Wildman–Crippen LogP) is 3.73. The lowest BCUT2D eigenvalue weighted by Crippen LogP contribution is -2.45. The van der Waals surface area contributed by atoms with Gasteiger partial charge in [-0.3, -0.25) is 0 Å². The number of likely N-dealkylation sites (tertiary alicyclic amines) is 1. The molecule has 0 spiro atoms. The van der Waals surface area contributed by atoms with Crippen molar-refractivity contribution in [3.8, 4) is 5.75 Å². The Morgan fingerprint density at radius 3 is 2.21 bits per heavy atom. The van der Waals surface area contributed by atoms with E-state index in [0.717, 1.165) is 18.4 Å². The van der Waals surface area contributed by atoms with Crippen LogP contribution in [0.4, 0.5) is 13.6 Å². The summed E-state index contributed by atoms with van der Waals surface area (Å²) in [5.74, 6) is 0.0231. The molecule has 0 atom stereocenters. The average Bonchev–Trinajstić information content (AvgIpc) is 2.72. The van der Waals surface area contributed by atoms with Crippen LogP contribution < -0.4 is 10.1 Å². The van der Waals surface area contributed by atoms with Crippen LogP contribution in [0.1, 0.15) is 18.4 Å². The first-order valence-electron chi connectivity index (χ1n) is 9.37. The normalized spacial score (nSPS) is 14.7. The molecule has 2 aromatic rings. The largest absolute Gasteiger partial charge is 0.491 e. The number of hydrogen-bond acceptors (Lipinski definition) is 3. The van der Waals surface area contributed by atoms with Crippen LogP contribution in [0.15, 0.2) is 48.5 Å². The second-order valence-corrected chi connectivity index (χ2v) is 6.64. The third-order valence-electron chi connectivity index (χ3n) is 4.61. The molecule has 1 saturated heterocycles. The fourth-order valence-electron chi connectivity index (χ4n) is 3.02. The topological polar surface area (TPSA) is 50.8 Å². The molecule has 0 unspecified atom stereocenters. The van der Waals surface area contributed by atoms with Crippen LogP contribution in [0.3, 0.4) is 0 Å². The summed E-state index contributed by atoms with van der Waals surface area (Å²) in [5.41, 5.74) is 0.856. The molecule has 0 radical (unpaired) electrons. The second kappa shape index (κ2) is 10.0. The first kappa shape index (κ1) is 20.1. The summed E-state index contributed by atoms with van der Waals surface area (Å²) >= 11 is 0. The van der Waals surface area contributed by atoms with Crippen molar-refractivity contribution >= 4 is 6.03 Å². The number of amides is 2. The summed E-state index contributed by atoms with van der Waals surface area (Å²) in [7, 11) is 0. The molecule has 150 valence electrons. The number of carbonyl (C=O) groups is 1. The Bertz CT molecular complexity index is 745. The predicted molar refractivity (Wildman–Crippen MR) is 101 cm³/mol. The van der Waals surface area contributed by atoms with Gasteiger partial charge in [-0.05, 0) is 54.8 Å². The van der Waals surface area contributed by atoms with Gasteiger partial charge in [-0.25, -0.2) is 13.6 Å². The molecule has 2 aromatic carbocycles. The van der Waals surface area contributed by atoms with E-state index in [1.165, 1.54) is 24.3 Å². The Labute approximate surface area is 163 Å². The molecule has 3 rings (SSSR count). The van der Waals surface area contributed by atoms with Crippen molar-refractivity contribution in [3.05, 3.63) is 65.7 Å². The molecule has 5 nitrogen and oxygen atoms in total. The summed E-state index contributed by atoms with van der Waals surface area (Å²) in [4.78, 5) is 14.0. The Balaban J connectivity index is 1.29. The average molecular weight is 390 g/mol. The first-order valence-corrected chi connectivity index (χ1v) is 9.37. The molecule has 0 aromatic heterocycles. The van der Waals surface area contributed by atoms with Gasteiger partial charge in [0.2, 0.25) is 0 Å². The Morgan fingerprint density at radius 1 is 0.964 bits per heavy atom. The molecule has 0 aliphatic carbocycles. The standard InChI is InChI=1S/C21H24F2N2O3/c22-17-3-1-16(2-4-17)15-24-21(26)25-11-9-20(10-12-25)28-14-13-27-19-7-5-18(23)6-8-19/h1-8,20H,9-15H2,(H,24,26). The molecular weight excluding hydrogens is 366 g/mol. The molecular formula is C21H24F2N2O3. The van der Waals surface area contributed by atoms with Gasteiger partial charge < -0.3 is 19.7 Å². The summed E-state index contributed by atoms with van der Waals surface area (Å²) in [5, 5.41) is 2.85. The minimum atomic E-state index is -0.294. The van der Waals surface area contributed by atoms with Crippen LogP contribution >= 0.6 is 0 Å². The van der Waals surface area contributed by atoms with E-state index in [1.807, 2.05) is 0 Å². The van der Waals surface area contributed by atoms with E-state index >= 15 is 0 Å². The minimum absolute atomic E-state index is 0.0953. The Morgan fingerprint density at radius 2 is 1.57 bits per heavy atom. The molecule has 1 heterocycles. The van der Waals surface area contributed by atoms with Crippen molar-refractivity contribution in [3.63, 3.8) is 0 Å². The number of nitrogens with zero attached hydrogens (tertiary/aromatic N) is 1. The lowest BCUT2D eigenvalue weighted by molar-refractivity contribution is 0.00186. The van der Waals surface area contributed by atoms with Gasteiger partial charge in [0, 0.05) is 19.6 Å². The van der Waals surface area contributed by atoms with Crippen molar-refractivity contribution in [1.82, 2.24) is 10.2 Å². The van der Waals surface area contributed by atoms with Crippen molar-refractivity contribution in [1.29, 1.82) is 0 Å². The van der Waals surface area contributed by atoms with Crippen LogP contribution in [-0.2, 0) is 11.3 Å². The van der Waals surface area contributed by atoms with Gasteiger partial charge in [-0.2, -0.15) is 0 Å². The third-order valence-corrected chi connectivity index (χ3v) is 4.61. The van der Waals surface area contributed by atoms with Crippen LogP contribution in [0.25, 0.3) is 0 Å². The van der Waals surface area contributed by atoms with Crippen LogP contribution in [0.5, 0.6) is 5.75 Å². The van der Waals surface area contributed by atoms with Gasteiger partial charge in [0.1, 0.15) is 24.0 Å². The smallest absolute Gasteiger partial charge is 0.317 e. The maximum Gasteiger partial charge on any atom is 0.317 e. The first-order chi connectivity index (χ1) is 13.6.